The van der Waals surface area contributed by atoms with Gasteiger partial charge < -0.3 is 25.4 Å². The Bertz CT molecular complexity index is 789. The zero-order valence-corrected chi connectivity index (χ0v) is 19.7. The van der Waals surface area contributed by atoms with E-state index in [4.69, 9.17) is 4.74 Å². The van der Waals surface area contributed by atoms with E-state index in [1.165, 1.54) is 0 Å². The van der Waals surface area contributed by atoms with Crippen LogP contribution in [0.3, 0.4) is 0 Å². The molecule has 0 saturated carbocycles. The summed E-state index contributed by atoms with van der Waals surface area (Å²) in [7, 11) is 3.33. The molecule has 3 N–H and O–H groups in total. The van der Waals surface area contributed by atoms with Crippen molar-refractivity contribution in [3.63, 3.8) is 0 Å². The second-order valence-electron chi connectivity index (χ2n) is 6.39. The summed E-state index contributed by atoms with van der Waals surface area (Å²) < 4.78 is 34.8. The van der Waals surface area contributed by atoms with Crippen LogP contribution in [0.4, 0.5) is 14.5 Å². The topological polar surface area (TPSA) is 66.9 Å². The first-order valence-electron chi connectivity index (χ1n) is 9.32. The Morgan fingerprint density at radius 3 is 2.40 bits per heavy atom. The van der Waals surface area contributed by atoms with Crippen molar-refractivity contribution in [1.29, 1.82) is 0 Å². The predicted octanol–water partition coefficient (Wildman–Crippen LogP) is 4.14. The number of hydrogen-bond donors (Lipinski definition) is 3. The van der Waals surface area contributed by atoms with Crippen molar-refractivity contribution >= 4 is 35.6 Å². The Hall–Kier alpha value is -2.14. The molecule has 30 heavy (non-hydrogen) atoms. The molecule has 0 radical (unpaired) electrons. The number of methoxy groups -OCH3 is 1. The van der Waals surface area contributed by atoms with E-state index in [9.17, 15) is 8.78 Å². The Labute approximate surface area is 193 Å². The molecule has 0 aliphatic rings. The Kier molecular flexibility index (Phi) is 12.1. The fraction of sp³-hybridized carbons (Fsp3) is 0.381. The van der Waals surface area contributed by atoms with Crippen LogP contribution in [-0.2, 0) is 17.8 Å². The van der Waals surface area contributed by atoms with Crippen molar-refractivity contribution in [2.45, 2.75) is 26.6 Å². The third-order valence-electron chi connectivity index (χ3n) is 4.15. The minimum atomic E-state index is -2.86. The molecule has 0 spiro atoms. The van der Waals surface area contributed by atoms with Crippen LogP contribution in [0.25, 0.3) is 0 Å². The summed E-state index contributed by atoms with van der Waals surface area (Å²) in [6.45, 7) is 1.33. The number of alkyl halides is 2. The maximum atomic E-state index is 12.6. The number of ether oxygens (including phenoxy) is 2. The number of anilines is 1. The maximum absolute atomic E-state index is 12.6. The minimum absolute atomic E-state index is 0. The van der Waals surface area contributed by atoms with E-state index in [-0.39, 0.29) is 29.7 Å². The summed E-state index contributed by atoms with van der Waals surface area (Å²) in [5.74, 6) is 0.724. The SMILES string of the molecule is CN=C(NCc1ccc(NCCOC)cc1)NCc1cc(C)ccc1OC(F)F.I. The molecule has 0 bridgehead atoms. The first kappa shape index (κ1) is 25.9. The highest BCUT2D eigenvalue weighted by molar-refractivity contribution is 14.0. The van der Waals surface area contributed by atoms with Crippen LogP contribution in [0.5, 0.6) is 5.75 Å². The summed E-state index contributed by atoms with van der Waals surface area (Å²) >= 11 is 0. The van der Waals surface area contributed by atoms with E-state index >= 15 is 0 Å². The number of hydrogen-bond acceptors (Lipinski definition) is 4. The van der Waals surface area contributed by atoms with Crippen LogP contribution in [-0.4, -0.2) is 39.9 Å². The molecule has 2 aromatic rings. The summed E-state index contributed by atoms with van der Waals surface area (Å²) in [5.41, 5.74) is 3.71. The van der Waals surface area contributed by atoms with Crippen molar-refractivity contribution in [3.05, 3.63) is 59.2 Å². The second-order valence-corrected chi connectivity index (χ2v) is 6.39. The molecule has 0 fully saturated rings. The van der Waals surface area contributed by atoms with Gasteiger partial charge in [-0.3, -0.25) is 4.99 Å². The number of aryl methyl sites for hydroxylation is 1. The summed E-state index contributed by atoms with van der Waals surface area (Å²) in [5, 5.41) is 9.61. The third kappa shape index (κ3) is 9.12. The first-order valence-corrected chi connectivity index (χ1v) is 9.32. The molecule has 9 heteroatoms. The van der Waals surface area contributed by atoms with Gasteiger partial charge in [0.25, 0.3) is 0 Å². The molecule has 0 heterocycles. The number of aliphatic imine (C=N–C) groups is 1. The molecule has 166 valence electrons. The zero-order chi connectivity index (χ0) is 21.1. The lowest BCUT2D eigenvalue weighted by atomic mass is 10.1. The smallest absolute Gasteiger partial charge is 0.387 e. The molecule has 2 aromatic carbocycles. The molecule has 0 unspecified atom stereocenters. The van der Waals surface area contributed by atoms with E-state index in [0.717, 1.165) is 23.4 Å². The minimum Gasteiger partial charge on any atom is -0.434 e. The highest BCUT2D eigenvalue weighted by Gasteiger charge is 2.10. The Balaban J connectivity index is 0.00000450. The molecule has 0 atom stereocenters. The van der Waals surface area contributed by atoms with Crippen molar-refractivity contribution in [1.82, 2.24) is 10.6 Å². The van der Waals surface area contributed by atoms with Gasteiger partial charge in [-0.05, 0) is 30.7 Å². The molecule has 0 amide bonds. The van der Waals surface area contributed by atoms with Crippen LogP contribution in [0, 0.1) is 6.92 Å². The van der Waals surface area contributed by atoms with Gasteiger partial charge >= 0.3 is 6.61 Å². The molecule has 0 saturated heterocycles. The van der Waals surface area contributed by atoms with Crippen molar-refractivity contribution in [2.75, 3.05) is 32.6 Å². The number of halogens is 3. The average molecular weight is 534 g/mol. The molecule has 0 aromatic heterocycles. The molecular weight excluding hydrogens is 505 g/mol. The van der Waals surface area contributed by atoms with Gasteiger partial charge in [-0.15, -0.1) is 24.0 Å². The third-order valence-corrected chi connectivity index (χ3v) is 4.15. The molecular formula is C21H29F2IN4O2. The van der Waals surface area contributed by atoms with Crippen LogP contribution in [0.15, 0.2) is 47.5 Å². The van der Waals surface area contributed by atoms with Gasteiger partial charge in [0, 0.05) is 45.0 Å². The average Bonchev–Trinajstić information content (AvgIpc) is 2.71. The largest absolute Gasteiger partial charge is 0.434 e. The van der Waals surface area contributed by atoms with Crippen LogP contribution in [0.2, 0.25) is 0 Å². The lowest BCUT2D eigenvalue weighted by Gasteiger charge is -2.15. The molecule has 6 nitrogen and oxygen atoms in total. The molecule has 0 aliphatic heterocycles. The van der Waals surface area contributed by atoms with Crippen molar-refractivity contribution in [2.24, 2.45) is 4.99 Å². The molecule has 0 aliphatic carbocycles. The monoisotopic (exact) mass is 534 g/mol. The van der Waals surface area contributed by atoms with E-state index in [1.807, 2.05) is 37.3 Å². The summed E-state index contributed by atoms with van der Waals surface area (Å²) in [4.78, 5) is 4.18. The van der Waals surface area contributed by atoms with E-state index in [2.05, 4.69) is 25.7 Å². The fourth-order valence-electron chi connectivity index (χ4n) is 2.68. The molecule has 2 rings (SSSR count). The van der Waals surface area contributed by atoms with Gasteiger partial charge in [-0.25, -0.2) is 0 Å². The van der Waals surface area contributed by atoms with Gasteiger partial charge in [0.15, 0.2) is 5.96 Å². The normalized spacial score (nSPS) is 11.1. The van der Waals surface area contributed by atoms with Crippen LogP contribution >= 0.6 is 24.0 Å². The van der Waals surface area contributed by atoms with Gasteiger partial charge in [-0.1, -0.05) is 29.8 Å². The van der Waals surface area contributed by atoms with Crippen LogP contribution in [0.1, 0.15) is 16.7 Å². The van der Waals surface area contributed by atoms with Crippen molar-refractivity contribution < 1.29 is 18.3 Å². The maximum Gasteiger partial charge on any atom is 0.387 e. The standard InChI is InChI=1S/C21H28F2N4O2.HI/c1-15-4-9-19(29-20(22)23)17(12-15)14-27-21(24-2)26-13-16-5-7-18(8-6-16)25-10-11-28-3;/h4-9,12,20,25H,10-11,13-14H2,1-3H3,(H2,24,26,27);1H. The van der Waals surface area contributed by atoms with E-state index in [0.29, 0.717) is 31.2 Å². The fourth-order valence-corrected chi connectivity index (χ4v) is 2.68. The first-order chi connectivity index (χ1) is 14.0. The van der Waals surface area contributed by atoms with Gasteiger partial charge in [-0.2, -0.15) is 8.78 Å². The number of rotatable bonds is 10. The zero-order valence-electron chi connectivity index (χ0n) is 17.4. The number of benzene rings is 2. The quantitative estimate of drug-likeness (QED) is 0.185. The highest BCUT2D eigenvalue weighted by atomic mass is 127. The van der Waals surface area contributed by atoms with Crippen LogP contribution < -0.4 is 20.7 Å². The predicted molar refractivity (Wildman–Crippen MR) is 127 cm³/mol. The van der Waals surface area contributed by atoms with Gasteiger partial charge in [0.1, 0.15) is 5.75 Å². The number of nitrogens with zero attached hydrogens (tertiary/aromatic N) is 1. The highest BCUT2D eigenvalue weighted by Crippen LogP contribution is 2.22. The van der Waals surface area contributed by atoms with E-state index < -0.39 is 6.61 Å². The van der Waals surface area contributed by atoms with Gasteiger partial charge in [0.05, 0.1) is 6.61 Å². The Morgan fingerprint density at radius 1 is 1.07 bits per heavy atom. The lowest BCUT2D eigenvalue weighted by Crippen LogP contribution is -2.36. The van der Waals surface area contributed by atoms with Gasteiger partial charge in [0.2, 0.25) is 0 Å². The second kappa shape index (κ2) is 14.0. The summed E-state index contributed by atoms with van der Waals surface area (Å²) in [6.07, 6.45) is 0. The number of nitrogens with one attached hydrogen (secondary N) is 3. The van der Waals surface area contributed by atoms with Crippen molar-refractivity contribution in [3.8, 4) is 5.75 Å². The lowest BCUT2D eigenvalue weighted by molar-refractivity contribution is -0.0504. The number of guanidine groups is 1. The Morgan fingerprint density at radius 2 is 1.77 bits per heavy atom. The van der Waals surface area contributed by atoms with E-state index in [1.54, 1.807) is 26.3 Å². The summed E-state index contributed by atoms with van der Waals surface area (Å²) in [6, 6.07) is 13.1.